The molecule has 0 unspecified atom stereocenters. The van der Waals surface area contributed by atoms with Crippen LogP contribution in [0.1, 0.15) is 43.0 Å². The highest BCUT2D eigenvalue weighted by Gasteiger charge is 2.33. The largest absolute Gasteiger partial charge is 0.462 e. The number of nitrogens with two attached hydrogens (primary N) is 1. The predicted molar refractivity (Wildman–Crippen MR) is 83.5 cm³/mol. The lowest BCUT2D eigenvalue weighted by Crippen LogP contribution is -2.40. The summed E-state index contributed by atoms with van der Waals surface area (Å²) in [6.07, 6.45) is 3.66. The van der Waals surface area contributed by atoms with Crippen LogP contribution in [0.15, 0.2) is 18.2 Å². The Balaban J connectivity index is 2.26. The number of benzene rings is 1. The number of ether oxygens (including phenoxy) is 1. The Labute approximate surface area is 125 Å². The summed E-state index contributed by atoms with van der Waals surface area (Å²) in [5.74, 6) is -0.384. The minimum absolute atomic E-state index is 0.320. The summed E-state index contributed by atoms with van der Waals surface area (Å²) < 4.78 is 5.09. The van der Waals surface area contributed by atoms with Crippen molar-refractivity contribution in [3.63, 3.8) is 0 Å². The molecule has 0 aromatic heterocycles. The molecule has 116 valence electrons. The number of esters is 1. The molecule has 0 radical (unpaired) electrons. The van der Waals surface area contributed by atoms with E-state index < -0.39 is 5.60 Å². The number of carbonyl (C=O) groups excluding carboxylic acids is 1. The molecule has 5 heteroatoms. The van der Waals surface area contributed by atoms with Crippen molar-refractivity contribution in [2.45, 2.75) is 38.2 Å². The average molecular weight is 292 g/mol. The van der Waals surface area contributed by atoms with E-state index in [1.807, 2.05) is 11.9 Å². The number of likely N-dealkylation sites (N-methyl/N-ethyl adjacent to an activating group) is 1. The fourth-order valence-corrected chi connectivity index (χ4v) is 3.07. The summed E-state index contributed by atoms with van der Waals surface area (Å²) in [6, 6.07) is 5.20. The number of carbonyl (C=O) groups is 1. The van der Waals surface area contributed by atoms with Crippen molar-refractivity contribution in [3.8, 4) is 0 Å². The lowest BCUT2D eigenvalue weighted by atomic mass is 10.0. The Bertz CT molecular complexity index is 510. The Morgan fingerprint density at radius 1 is 1.43 bits per heavy atom. The van der Waals surface area contributed by atoms with Gasteiger partial charge in [-0.25, -0.2) is 4.79 Å². The van der Waals surface area contributed by atoms with Crippen LogP contribution in [-0.2, 0) is 4.74 Å². The molecule has 1 fully saturated rings. The van der Waals surface area contributed by atoms with E-state index in [1.54, 1.807) is 25.1 Å². The van der Waals surface area contributed by atoms with E-state index in [4.69, 9.17) is 10.5 Å². The van der Waals surface area contributed by atoms with E-state index >= 15 is 0 Å². The molecule has 0 atom stereocenters. The number of nitrogens with zero attached hydrogens (tertiary/aromatic N) is 1. The van der Waals surface area contributed by atoms with Gasteiger partial charge in [0.2, 0.25) is 0 Å². The summed E-state index contributed by atoms with van der Waals surface area (Å²) in [4.78, 5) is 13.9. The number of rotatable bonds is 5. The third-order valence-electron chi connectivity index (χ3n) is 4.01. The molecule has 0 saturated heterocycles. The van der Waals surface area contributed by atoms with Crippen molar-refractivity contribution >= 4 is 17.3 Å². The first-order valence-electron chi connectivity index (χ1n) is 7.46. The highest BCUT2D eigenvalue weighted by Crippen LogP contribution is 2.34. The van der Waals surface area contributed by atoms with E-state index in [0.29, 0.717) is 30.1 Å². The minimum Gasteiger partial charge on any atom is -0.462 e. The van der Waals surface area contributed by atoms with Crippen LogP contribution in [0.25, 0.3) is 0 Å². The van der Waals surface area contributed by atoms with E-state index in [1.165, 1.54) is 0 Å². The minimum atomic E-state index is -0.692. The van der Waals surface area contributed by atoms with E-state index in [-0.39, 0.29) is 5.97 Å². The highest BCUT2D eigenvalue weighted by molar-refractivity contribution is 5.99. The van der Waals surface area contributed by atoms with Crippen molar-refractivity contribution < 1.29 is 14.6 Å². The summed E-state index contributed by atoms with van der Waals surface area (Å²) in [5, 5.41) is 10.5. The molecule has 0 heterocycles. The van der Waals surface area contributed by atoms with Gasteiger partial charge in [0.1, 0.15) is 0 Å². The van der Waals surface area contributed by atoms with Gasteiger partial charge in [-0.1, -0.05) is 18.9 Å². The molecule has 0 spiro atoms. The van der Waals surface area contributed by atoms with Gasteiger partial charge in [-0.15, -0.1) is 0 Å². The molecule has 1 aromatic rings. The molecular weight excluding hydrogens is 268 g/mol. The lowest BCUT2D eigenvalue weighted by molar-refractivity contribution is 0.0514. The number of hydrogen-bond donors (Lipinski definition) is 2. The Hall–Kier alpha value is -1.75. The van der Waals surface area contributed by atoms with Crippen molar-refractivity contribution in [1.29, 1.82) is 0 Å². The van der Waals surface area contributed by atoms with Crippen molar-refractivity contribution in [2.75, 3.05) is 30.8 Å². The molecule has 1 aliphatic rings. The Kier molecular flexibility index (Phi) is 4.73. The second-order valence-corrected chi connectivity index (χ2v) is 5.75. The number of para-hydroxylation sites is 1. The fourth-order valence-electron chi connectivity index (χ4n) is 3.07. The van der Waals surface area contributed by atoms with Gasteiger partial charge >= 0.3 is 5.97 Å². The van der Waals surface area contributed by atoms with Crippen LogP contribution < -0.4 is 10.6 Å². The van der Waals surface area contributed by atoms with Crippen LogP contribution in [0, 0.1) is 0 Å². The smallest absolute Gasteiger partial charge is 0.340 e. The van der Waals surface area contributed by atoms with Gasteiger partial charge in [0, 0.05) is 13.6 Å². The Morgan fingerprint density at radius 3 is 2.71 bits per heavy atom. The maximum absolute atomic E-state index is 12.1. The van der Waals surface area contributed by atoms with Crippen LogP contribution >= 0.6 is 0 Å². The second kappa shape index (κ2) is 6.35. The summed E-state index contributed by atoms with van der Waals surface area (Å²) >= 11 is 0. The van der Waals surface area contributed by atoms with Crippen molar-refractivity contribution in [2.24, 2.45) is 0 Å². The molecule has 2 rings (SSSR count). The van der Waals surface area contributed by atoms with E-state index in [9.17, 15) is 9.90 Å². The zero-order valence-electron chi connectivity index (χ0n) is 12.8. The van der Waals surface area contributed by atoms with Crippen LogP contribution in [0.5, 0.6) is 0 Å². The molecule has 3 N–H and O–H groups in total. The zero-order valence-corrected chi connectivity index (χ0v) is 12.8. The number of nitrogen functional groups attached to an aromatic ring is 1. The average Bonchev–Trinajstić information content (AvgIpc) is 2.84. The van der Waals surface area contributed by atoms with Crippen LogP contribution in [0.4, 0.5) is 11.4 Å². The monoisotopic (exact) mass is 292 g/mol. The molecule has 0 bridgehead atoms. The van der Waals surface area contributed by atoms with E-state index in [0.717, 1.165) is 25.7 Å². The first-order valence-corrected chi connectivity index (χ1v) is 7.46. The number of anilines is 2. The lowest BCUT2D eigenvalue weighted by Gasteiger charge is -2.31. The predicted octanol–water partition coefficient (Wildman–Crippen LogP) is 2.19. The first kappa shape index (κ1) is 15.6. The number of hydrogen-bond acceptors (Lipinski definition) is 5. The van der Waals surface area contributed by atoms with E-state index in [2.05, 4.69) is 0 Å². The van der Waals surface area contributed by atoms with Crippen molar-refractivity contribution in [1.82, 2.24) is 0 Å². The SMILES string of the molecule is CCOC(=O)c1cccc(N)c1N(C)CC1(O)CCCC1. The van der Waals surface area contributed by atoms with Gasteiger partial charge in [0.25, 0.3) is 0 Å². The summed E-state index contributed by atoms with van der Waals surface area (Å²) in [5.41, 5.74) is 6.95. The van der Waals surface area contributed by atoms with Gasteiger partial charge in [-0.3, -0.25) is 0 Å². The van der Waals surface area contributed by atoms with Crippen LogP contribution in [0.3, 0.4) is 0 Å². The summed E-state index contributed by atoms with van der Waals surface area (Å²) in [7, 11) is 1.85. The molecule has 0 aliphatic heterocycles. The summed E-state index contributed by atoms with van der Waals surface area (Å²) in [6.45, 7) is 2.56. The molecule has 1 saturated carbocycles. The molecule has 21 heavy (non-hydrogen) atoms. The molecule has 5 nitrogen and oxygen atoms in total. The Morgan fingerprint density at radius 2 is 2.10 bits per heavy atom. The molecule has 1 aliphatic carbocycles. The second-order valence-electron chi connectivity index (χ2n) is 5.75. The van der Waals surface area contributed by atoms with Gasteiger partial charge in [-0.05, 0) is 31.9 Å². The van der Waals surface area contributed by atoms with Crippen molar-refractivity contribution in [3.05, 3.63) is 23.8 Å². The first-order chi connectivity index (χ1) is 9.97. The van der Waals surface area contributed by atoms with Gasteiger partial charge in [0.15, 0.2) is 0 Å². The van der Waals surface area contributed by atoms with Gasteiger partial charge in [0.05, 0.1) is 29.1 Å². The third kappa shape index (κ3) is 3.47. The fraction of sp³-hybridized carbons (Fsp3) is 0.562. The molecular formula is C16H24N2O3. The van der Waals surface area contributed by atoms with Gasteiger partial charge in [-0.2, -0.15) is 0 Å². The molecule has 1 aromatic carbocycles. The maximum Gasteiger partial charge on any atom is 0.340 e. The molecule has 0 amide bonds. The quantitative estimate of drug-likeness (QED) is 0.642. The van der Waals surface area contributed by atoms with Crippen LogP contribution in [-0.4, -0.2) is 36.9 Å². The topological polar surface area (TPSA) is 75.8 Å². The van der Waals surface area contributed by atoms with Gasteiger partial charge < -0.3 is 20.5 Å². The van der Waals surface area contributed by atoms with Crippen LogP contribution in [0.2, 0.25) is 0 Å². The standard InChI is InChI=1S/C16H24N2O3/c1-3-21-15(19)12-7-6-8-13(17)14(12)18(2)11-16(20)9-4-5-10-16/h6-8,20H,3-5,9-11,17H2,1-2H3. The normalized spacial score (nSPS) is 16.7. The number of aliphatic hydroxyl groups is 1. The maximum atomic E-state index is 12.1. The zero-order chi connectivity index (χ0) is 15.5. The highest BCUT2D eigenvalue weighted by atomic mass is 16.5. The third-order valence-corrected chi connectivity index (χ3v) is 4.01.